The molecule has 0 aliphatic carbocycles. The number of amides is 1. The van der Waals surface area contributed by atoms with Crippen molar-refractivity contribution in [2.75, 3.05) is 11.9 Å². The Hall–Kier alpha value is -3.78. The Bertz CT molecular complexity index is 1340. The third kappa shape index (κ3) is 3.93. The molecule has 0 unspecified atom stereocenters. The summed E-state index contributed by atoms with van der Waals surface area (Å²) in [6, 6.07) is 15.1. The predicted octanol–water partition coefficient (Wildman–Crippen LogP) is 4.56. The molecule has 8 nitrogen and oxygen atoms in total. The maximum atomic E-state index is 12.7. The number of nitrogens with zero attached hydrogens (tertiary/aromatic N) is 5. The minimum absolute atomic E-state index is 0.109. The van der Waals surface area contributed by atoms with Crippen LogP contribution in [0.25, 0.3) is 17.2 Å². The molecule has 0 saturated heterocycles. The molecule has 33 heavy (non-hydrogen) atoms. The Morgan fingerprint density at radius 3 is 2.76 bits per heavy atom. The van der Waals surface area contributed by atoms with E-state index in [1.807, 2.05) is 50.2 Å². The molecule has 0 radical (unpaired) electrons. The van der Waals surface area contributed by atoms with Gasteiger partial charge in [0.25, 0.3) is 5.95 Å². The van der Waals surface area contributed by atoms with E-state index in [-0.39, 0.29) is 17.8 Å². The number of carbonyl (C=O) groups excluding carboxylic acids is 1. The Morgan fingerprint density at radius 1 is 1.18 bits per heavy atom. The van der Waals surface area contributed by atoms with Gasteiger partial charge in [-0.25, -0.2) is 4.98 Å². The molecule has 5 rings (SSSR count). The van der Waals surface area contributed by atoms with Crippen LogP contribution in [0.4, 0.5) is 5.82 Å². The van der Waals surface area contributed by atoms with Crippen LogP contribution < -0.4 is 10.1 Å². The maximum Gasteiger partial charge on any atom is 0.272 e. The molecular formula is C24H21ClN6O2. The number of hydrogen-bond donors (Lipinski definition) is 1. The van der Waals surface area contributed by atoms with Crippen LogP contribution in [0.15, 0.2) is 54.7 Å². The SMILES string of the molecule is CCOc1ccccc1[C@@H]1CC(=O)Nc2c1c(C)nn2-c1nncc(-c2ccc(Cl)cc2)n1. The molecule has 1 atom stereocenters. The number of halogens is 1. The lowest BCUT2D eigenvalue weighted by Gasteiger charge is -2.25. The molecule has 0 saturated carbocycles. The van der Waals surface area contributed by atoms with Crippen LogP contribution >= 0.6 is 11.6 Å². The van der Waals surface area contributed by atoms with Crippen molar-refractivity contribution in [1.82, 2.24) is 25.0 Å². The van der Waals surface area contributed by atoms with Crippen molar-refractivity contribution in [3.05, 3.63) is 76.6 Å². The van der Waals surface area contributed by atoms with Crippen molar-refractivity contribution < 1.29 is 9.53 Å². The summed E-state index contributed by atoms with van der Waals surface area (Å²) in [5.41, 5.74) is 4.12. The number of para-hydroxylation sites is 1. The average Bonchev–Trinajstić information content (AvgIpc) is 3.16. The van der Waals surface area contributed by atoms with Gasteiger partial charge in [-0.2, -0.15) is 14.9 Å². The van der Waals surface area contributed by atoms with E-state index in [0.717, 1.165) is 28.1 Å². The van der Waals surface area contributed by atoms with Crippen molar-refractivity contribution >= 4 is 23.3 Å². The smallest absolute Gasteiger partial charge is 0.272 e. The third-order valence-corrected chi connectivity index (χ3v) is 5.83. The summed E-state index contributed by atoms with van der Waals surface area (Å²) in [7, 11) is 0. The van der Waals surface area contributed by atoms with Crippen molar-refractivity contribution in [2.45, 2.75) is 26.2 Å². The van der Waals surface area contributed by atoms with Crippen LogP contribution in [0.3, 0.4) is 0 Å². The first-order valence-electron chi connectivity index (χ1n) is 10.6. The highest BCUT2D eigenvalue weighted by molar-refractivity contribution is 6.30. The van der Waals surface area contributed by atoms with Crippen molar-refractivity contribution in [3.63, 3.8) is 0 Å². The van der Waals surface area contributed by atoms with Crippen LogP contribution in [0.5, 0.6) is 5.75 Å². The number of fused-ring (bicyclic) bond motifs is 1. The van der Waals surface area contributed by atoms with Crippen LogP contribution in [0.2, 0.25) is 5.02 Å². The lowest BCUT2D eigenvalue weighted by Crippen LogP contribution is -2.25. The quantitative estimate of drug-likeness (QED) is 0.469. The van der Waals surface area contributed by atoms with E-state index in [4.69, 9.17) is 16.3 Å². The van der Waals surface area contributed by atoms with Gasteiger partial charge in [-0.05, 0) is 32.0 Å². The van der Waals surface area contributed by atoms with E-state index in [1.165, 1.54) is 0 Å². The minimum Gasteiger partial charge on any atom is -0.494 e. The summed E-state index contributed by atoms with van der Waals surface area (Å²) in [6.07, 6.45) is 1.88. The molecule has 2 aromatic heterocycles. The summed E-state index contributed by atoms with van der Waals surface area (Å²) in [5.74, 6) is 1.28. The molecule has 4 aromatic rings. The number of rotatable bonds is 5. The van der Waals surface area contributed by atoms with Gasteiger partial charge in [0, 0.05) is 34.1 Å². The van der Waals surface area contributed by atoms with Crippen LogP contribution in [-0.2, 0) is 4.79 Å². The van der Waals surface area contributed by atoms with E-state index >= 15 is 0 Å². The predicted molar refractivity (Wildman–Crippen MR) is 125 cm³/mol. The Kier molecular flexibility index (Phi) is 5.51. The van der Waals surface area contributed by atoms with Crippen molar-refractivity contribution in [1.29, 1.82) is 0 Å². The molecule has 3 heterocycles. The molecule has 9 heteroatoms. The standard InChI is InChI=1S/C24H21ClN6O2/c1-3-33-20-7-5-4-6-17(20)18-12-21(32)28-23-22(18)14(2)30-31(23)24-27-19(13-26-29-24)15-8-10-16(25)11-9-15/h4-11,13,18H,3,12H2,1-2H3,(H,28,32)/t18-/m0/s1. The molecule has 2 aromatic carbocycles. The second kappa shape index (κ2) is 8.63. The minimum atomic E-state index is -0.197. The van der Waals surface area contributed by atoms with Crippen LogP contribution in [-0.4, -0.2) is 37.5 Å². The first-order chi connectivity index (χ1) is 16.0. The largest absolute Gasteiger partial charge is 0.494 e. The average molecular weight is 461 g/mol. The zero-order valence-corrected chi connectivity index (χ0v) is 18.9. The maximum absolute atomic E-state index is 12.7. The van der Waals surface area contributed by atoms with Gasteiger partial charge in [0.15, 0.2) is 0 Å². The van der Waals surface area contributed by atoms with Gasteiger partial charge >= 0.3 is 0 Å². The Morgan fingerprint density at radius 2 is 1.97 bits per heavy atom. The molecular weight excluding hydrogens is 440 g/mol. The number of aryl methyl sites for hydroxylation is 1. The zero-order valence-electron chi connectivity index (χ0n) is 18.1. The highest BCUT2D eigenvalue weighted by atomic mass is 35.5. The lowest BCUT2D eigenvalue weighted by molar-refractivity contribution is -0.116. The number of anilines is 1. The lowest BCUT2D eigenvalue weighted by atomic mass is 9.85. The van der Waals surface area contributed by atoms with E-state index in [2.05, 4.69) is 25.6 Å². The first kappa shape index (κ1) is 21.1. The summed E-state index contributed by atoms with van der Waals surface area (Å²) < 4.78 is 7.39. The number of aromatic nitrogens is 5. The summed E-state index contributed by atoms with van der Waals surface area (Å²) in [4.78, 5) is 17.4. The second-order valence-electron chi connectivity index (χ2n) is 7.68. The van der Waals surface area contributed by atoms with E-state index < -0.39 is 0 Å². The Balaban J connectivity index is 1.61. The van der Waals surface area contributed by atoms with Crippen molar-refractivity contribution in [3.8, 4) is 23.0 Å². The Labute approximate surface area is 195 Å². The normalized spacial score (nSPS) is 15.1. The molecule has 0 spiro atoms. The topological polar surface area (TPSA) is 94.8 Å². The highest BCUT2D eigenvalue weighted by Gasteiger charge is 2.34. The van der Waals surface area contributed by atoms with Crippen LogP contribution in [0.1, 0.15) is 36.1 Å². The molecule has 0 bridgehead atoms. The fourth-order valence-electron chi connectivity index (χ4n) is 4.16. The van der Waals surface area contributed by atoms with E-state index in [1.54, 1.807) is 23.0 Å². The molecule has 166 valence electrons. The number of ether oxygens (including phenoxy) is 1. The molecule has 0 fully saturated rings. The first-order valence-corrected chi connectivity index (χ1v) is 11.0. The molecule has 1 aliphatic heterocycles. The monoisotopic (exact) mass is 460 g/mol. The van der Waals surface area contributed by atoms with Gasteiger partial charge in [0.05, 0.1) is 24.2 Å². The summed E-state index contributed by atoms with van der Waals surface area (Å²) in [5, 5.41) is 16.6. The highest BCUT2D eigenvalue weighted by Crippen LogP contribution is 2.42. The van der Waals surface area contributed by atoms with Gasteiger partial charge in [0.1, 0.15) is 11.6 Å². The number of benzene rings is 2. The van der Waals surface area contributed by atoms with Gasteiger partial charge in [-0.1, -0.05) is 41.9 Å². The molecule has 1 aliphatic rings. The number of hydrogen-bond acceptors (Lipinski definition) is 6. The zero-order chi connectivity index (χ0) is 22.9. The summed E-state index contributed by atoms with van der Waals surface area (Å²) in [6.45, 7) is 4.40. The van der Waals surface area contributed by atoms with Crippen molar-refractivity contribution in [2.24, 2.45) is 0 Å². The second-order valence-corrected chi connectivity index (χ2v) is 8.12. The van der Waals surface area contributed by atoms with Gasteiger partial charge in [0.2, 0.25) is 5.91 Å². The van der Waals surface area contributed by atoms with E-state index in [9.17, 15) is 4.79 Å². The van der Waals surface area contributed by atoms with Crippen LogP contribution in [0, 0.1) is 6.92 Å². The van der Waals surface area contributed by atoms with Gasteiger partial charge in [-0.3, -0.25) is 4.79 Å². The number of nitrogens with one attached hydrogen (secondary N) is 1. The fourth-order valence-corrected chi connectivity index (χ4v) is 4.28. The number of carbonyl (C=O) groups is 1. The summed E-state index contributed by atoms with van der Waals surface area (Å²) >= 11 is 6.01. The molecule has 1 N–H and O–H groups in total. The van der Waals surface area contributed by atoms with E-state index in [0.29, 0.717) is 29.6 Å². The third-order valence-electron chi connectivity index (χ3n) is 5.57. The van der Waals surface area contributed by atoms with Gasteiger partial charge < -0.3 is 10.1 Å². The fraction of sp³-hybridized carbons (Fsp3) is 0.208. The van der Waals surface area contributed by atoms with Gasteiger partial charge in [-0.15, -0.1) is 5.10 Å². The molecule has 1 amide bonds.